The highest BCUT2D eigenvalue weighted by molar-refractivity contribution is 5.76. The van der Waals surface area contributed by atoms with Gasteiger partial charge in [0.2, 0.25) is 5.91 Å². The Labute approximate surface area is 80.5 Å². The molecule has 0 aliphatic heterocycles. The molecule has 1 amide bonds. The highest BCUT2D eigenvalue weighted by Gasteiger charge is 2.19. The maximum absolute atomic E-state index is 11.1. The van der Waals surface area contributed by atoms with Crippen LogP contribution < -0.4 is 5.32 Å². The molecule has 0 saturated heterocycles. The van der Waals surface area contributed by atoms with Crippen LogP contribution in [-0.2, 0) is 9.90 Å². The van der Waals surface area contributed by atoms with Crippen LogP contribution in [0.3, 0.4) is 0 Å². The third kappa shape index (κ3) is 9.34. The molecule has 0 aliphatic rings. The number of amides is 1. The van der Waals surface area contributed by atoms with Gasteiger partial charge in [0.05, 0.1) is 6.42 Å². The average molecular weight is 186 g/mol. The molecule has 0 aromatic carbocycles. The predicted molar refractivity (Wildman–Crippen MR) is 51.9 cm³/mol. The molecule has 77 valence electrons. The minimum Gasteiger partial charge on any atom is -0.356 e. The lowest BCUT2D eigenvalue weighted by atomic mass is 10.1. The van der Waals surface area contributed by atoms with Crippen molar-refractivity contribution in [1.82, 2.24) is 5.32 Å². The Kier molecular flexibility index (Phi) is 5.71. The summed E-state index contributed by atoms with van der Waals surface area (Å²) in [5, 5.41) is 13.9. The molecule has 0 spiro atoms. The summed E-state index contributed by atoms with van der Waals surface area (Å²) in [6.07, 6.45) is 3.34. The van der Waals surface area contributed by atoms with Crippen LogP contribution in [0.25, 0.3) is 0 Å². The summed E-state index contributed by atoms with van der Waals surface area (Å²) in [5.74, 6) is -0.129. The van der Waals surface area contributed by atoms with Crippen LogP contribution >= 0.6 is 0 Å². The molecular weight excluding hydrogens is 166 g/mol. The molecule has 0 aliphatic carbocycles. The van der Waals surface area contributed by atoms with Crippen LogP contribution in [0.4, 0.5) is 0 Å². The number of carbonyl (C=O) groups is 1. The van der Waals surface area contributed by atoms with Crippen molar-refractivity contribution in [1.29, 1.82) is 0 Å². The molecular formula is C10H20NO2. The van der Waals surface area contributed by atoms with Crippen LogP contribution in [-0.4, -0.2) is 18.1 Å². The van der Waals surface area contributed by atoms with Crippen molar-refractivity contribution < 1.29 is 9.90 Å². The molecule has 0 aromatic rings. The molecule has 1 radical (unpaired) electrons. The van der Waals surface area contributed by atoms with Gasteiger partial charge in [0.25, 0.3) is 0 Å². The molecule has 0 bridgehead atoms. The minimum absolute atomic E-state index is 0.0686. The molecule has 0 unspecified atom stereocenters. The molecule has 0 atom stereocenters. The van der Waals surface area contributed by atoms with E-state index < -0.39 is 5.60 Å². The van der Waals surface area contributed by atoms with E-state index in [0.29, 0.717) is 6.54 Å². The lowest BCUT2D eigenvalue weighted by Gasteiger charge is -2.13. The maximum Gasteiger partial charge on any atom is 0.223 e. The van der Waals surface area contributed by atoms with E-state index in [-0.39, 0.29) is 12.3 Å². The van der Waals surface area contributed by atoms with Crippen LogP contribution in [0.15, 0.2) is 0 Å². The zero-order valence-electron chi connectivity index (χ0n) is 8.85. The number of carbonyl (C=O) groups excluding carboxylic acids is 1. The normalized spacial score (nSPS) is 11.4. The first-order chi connectivity index (χ1) is 5.95. The van der Waals surface area contributed by atoms with E-state index in [1.165, 1.54) is 13.8 Å². The quantitative estimate of drug-likeness (QED) is 0.633. The van der Waals surface area contributed by atoms with Crippen LogP contribution in [0.2, 0.25) is 0 Å². The van der Waals surface area contributed by atoms with E-state index in [9.17, 15) is 9.90 Å². The first kappa shape index (κ1) is 12.4. The third-order valence-corrected chi connectivity index (χ3v) is 1.69. The lowest BCUT2D eigenvalue weighted by Crippen LogP contribution is -2.31. The zero-order chi connectivity index (χ0) is 10.3. The Hall–Kier alpha value is -0.570. The Bertz CT molecular complexity index is 149. The topological polar surface area (TPSA) is 49.0 Å². The standard InChI is InChI=1S/C10H20NO2/c1-4-5-6-7-11-9(12)8-10(2,3)13/h4-8H2,1-3H3,(H,11,12). The van der Waals surface area contributed by atoms with Crippen molar-refractivity contribution in [3.8, 4) is 0 Å². The number of nitrogens with one attached hydrogen (secondary N) is 1. The first-order valence-corrected chi connectivity index (χ1v) is 4.93. The van der Waals surface area contributed by atoms with E-state index in [4.69, 9.17) is 0 Å². The van der Waals surface area contributed by atoms with Gasteiger partial charge in [-0.3, -0.25) is 4.79 Å². The van der Waals surface area contributed by atoms with E-state index in [1.54, 1.807) is 0 Å². The second kappa shape index (κ2) is 5.97. The van der Waals surface area contributed by atoms with E-state index in [1.807, 2.05) is 0 Å². The summed E-state index contributed by atoms with van der Waals surface area (Å²) in [6, 6.07) is 0. The van der Waals surface area contributed by atoms with Crippen molar-refractivity contribution in [2.75, 3.05) is 6.54 Å². The van der Waals surface area contributed by atoms with Crippen molar-refractivity contribution in [3.05, 3.63) is 0 Å². The lowest BCUT2D eigenvalue weighted by molar-refractivity contribution is -0.127. The fourth-order valence-corrected chi connectivity index (χ4v) is 1.05. The van der Waals surface area contributed by atoms with Gasteiger partial charge in [-0.25, -0.2) is 5.11 Å². The van der Waals surface area contributed by atoms with Gasteiger partial charge >= 0.3 is 0 Å². The first-order valence-electron chi connectivity index (χ1n) is 4.93. The van der Waals surface area contributed by atoms with Gasteiger partial charge in [0.15, 0.2) is 0 Å². The summed E-state index contributed by atoms with van der Waals surface area (Å²) in [4.78, 5) is 11.1. The van der Waals surface area contributed by atoms with Crippen molar-refractivity contribution in [3.63, 3.8) is 0 Å². The second-order valence-corrected chi connectivity index (χ2v) is 3.99. The molecule has 0 heterocycles. The predicted octanol–water partition coefficient (Wildman–Crippen LogP) is 1.89. The van der Waals surface area contributed by atoms with Gasteiger partial charge in [-0.15, -0.1) is 0 Å². The van der Waals surface area contributed by atoms with Gasteiger partial charge in [-0.2, -0.15) is 0 Å². The summed E-state index contributed by atoms with van der Waals surface area (Å²) >= 11 is 0. The van der Waals surface area contributed by atoms with E-state index in [2.05, 4.69) is 12.2 Å². The van der Waals surface area contributed by atoms with Crippen LogP contribution in [0.5, 0.6) is 0 Å². The summed E-state index contributed by atoms with van der Waals surface area (Å²) in [6.45, 7) is 5.86. The molecule has 3 heteroatoms. The van der Waals surface area contributed by atoms with E-state index >= 15 is 0 Å². The molecule has 0 fully saturated rings. The zero-order valence-corrected chi connectivity index (χ0v) is 8.85. The van der Waals surface area contributed by atoms with Gasteiger partial charge < -0.3 is 5.32 Å². The summed E-state index contributed by atoms with van der Waals surface area (Å²) in [5.41, 5.74) is -1.14. The van der Waals surface area contributed by atoms with Crippen LogP contribution in [0, 0.1) is 0 Å². The van der Waals surface area contributed by atoms with Crippen molar-refractivity contribution in [2.45, 2.75) is 52.1 Å². The largest absolute Gasteiger partial charge is 0.356 e. The smallest absolute Gasteiger partial charge is 0.223 e. The number of unbranched alkanes of at least 4 members (excludes halogenated alkanes) is 2. The molecule has 13 heavy (non-hydrogen) atoms. The average Bonchev–Trinajstić information content (AvgIpc) is 1.94. The Morgan fingerprint density at radius 2 is 1.92 bits per heavy atom. The third-order valence-electron chi connectivity index (χ3n) is 1.69. The van der Waals surface area contributed by atoms with Gasteiger partial charge in [-0.05, 0) is 20.3 Å². The van der Waals surface area contributed by atoms with E-state index in [0.717, 1.165) is 19.3 Å². The molecule has 3 nitrogen and oxygen atoms in total. The Morgan fingerprint density at radius 1 is 1.31 bits per heavy atom. The van der Waals surface area contributed by atoms with Gasteiger partial charge in [0, 0.05) is 6.54 Å². The fraction of sp³-hybridized carbons (Fsp3) is 0.900. The Balaban J connectivity index is 3.41. The highest BCUT2D eigenvalue weighted by Crippen LogP contribution is 2.07. The molecule has 0 aromatic heterocycles. The van der Waals surface area contributed by atoms with Gasteiger partial charge in [-0.1, -0.05) is 19.8 Å². The molecule has 0 saturated carbocycles. The number of hydrogen-bond acceptors (Lipinski definition) is 1. The fourth-order valence-electron chi connectivity index (χ4n) is 1.05. The van der Waals surface area contributed by atoms with Gasteiger partial charge in [0.1, 0.15) is 5.60 Å². The van der Waals surface area contributed by atoms with Crippen molar-refractivity contribution in [2.24, 2.45) is 0 Å². The van der Waals surface area contributed by atoms with Crippen LogP contribution in [0.1, 0.15) is 46.5 Å². The summed E-state index contributed by atoms with van der Waals surface area (Å²) < 4.78 is 0. The Morgan fingerprint density at radius 3 is 2.38 bits per heavy atom. The minimum atomic E-state index is -1.14. The second-order valence-electron chi connectivity index (χ2n) is 3.99. The molecule has 1 N–H and O–H groups in total. The monoisotopic (exact) mass is 186 g/mol. The maximum atomic E-state index is 11.1. The number of rotatable bonds is 6. The number of hydrogen-bond donors (Lipinski definition) is 1. The molecule has 0 rings (SSSR count). The SMILES string of the molecule is CCCCCNC(=O)CC(C)(C)[O]. The summed E-state index contributed by atoms with van der Waals surface area (Å²) in [7, 11) is 0. The van der Waals surface area contributed by atoms with Crippen molar-refractivity contribution >= 4 is 5.91 Å². The highest BCUT2D eigenvalue weighted by atomic mass is 16.3.